The topological polar surface area (TPSA) is 55.8 Å². The summed E-state index contributed by atoms with van der Waals surface area (Å²) in [5.41, 5.74) is 5.76. The van der Waals surface area contributed by atoms with E-state index in [1.54, 1.807) is 7.11 Å². The highest BCUT2D eigenvalue weighted by atomic mass is 16.5. The van der Waals surface area contributed by atoms with Crippen LogP contribution in [0.5, 0.6) is 11.5 Å². The number of carbonyl (C=O) groups is 2. The number of nitrogens with zero attached hydrogens (tertiary/aromatic N) is 1. The van der Waals surface area contributed by atoms with Gasteiger partial charge in [-0.2, -0.15) is 0 Å². The minimum absolute atomic E-state index is 0.167. The van der Waals surface area contributed by atoms with Crippen LogP contribution in [-0.4, -0.2) is 36.7 Å². The van der Waals surface area contributed by atoms with E-state index >= 15 is 0 Å². The smallest absolute Gasteiger partial charge is 0.164 e. The lowest BCUT2D eigenvalue weighted by Gasteiger charge is -2.43. The van der Waals surface area contributed by atoms with E-state index in [1.807, 2.05) is 12.1 Å². The Morgan fingerprint density at radius 3 is 2.18 bits per heavy atom. The third-order valence-corrected chi connectivity index (χ3v) is 6.92. The standard InChI is InChI=1S/C28H35NO4/c1-5-10-18-16-19(17-24(32-4)28(18)33-15-6-2)25-26-20(11-8-13-22(26)30)29(7-3)21-12-9-14-23(31)27(21)25/h5,16-17,25H,1,6-15H2,2-4H3. The Hall–Kier alpha value is -2.82. The molecule has 0 atom stereocenters. The Kier molecular flexibility index (Phi) is 7.06. The molecule has 0 aromatic heterocycles. The highest BCUT2D eigenvalue weighted by Crippen LogP contribution is 2.50. The zero-order valence-corrected chi connectivity index (χ0v) is 20.2. The van der Waals surface area contributed by atoms with Gasteiger partial charge in [0.1, 0.15) is 0 Å². The maximum Gasteiger partial charge on any atom is 0.164 e. The van der Waals surface area contributed by atoms with Crippen molar-refractivity contribution in [1.82, 2.24) is 4.90 Å². The van der Waals surface area contributed by atoms with Gasteiger partial charge >= 0.3 is 0 Å². The summed E-state index contributed by atoms with van der Waals surface area (Å²) < 4.78 is 11.8. The van der Waals surface area contributed by atoms with Gasteiger partial charge < -0.3 is 14.4 Å². The number of Topliss-reactive ketones (excluding diaryl/α,β-unsaturated/α-hetero) is 2. The lowest BCUT2D eigenvalue weighted by molar-refractivity contribution is -0.117. The fourth-order valence-electron chi connectivity index (χ4n) is 5.61. The Bertz CT molecular complexity index is 989. The van der Waals surface area contributed by atoms with Crippen LogP contribution in [0.2, 0.25) is 0 Å². The van der Waals surface area contributed by atoms with Crippen LogP contribution in [0, 0.1) is 0 Å². The highest BCUT2D eigenvalue weighted by molar-refractivity contribution is 6.06. The molecule has 4 rings (SSSR count). The molecular formula is C28H35NO4. The lowest BCUT2D eigenvalue weighted by atomic mass is 9.70. The summed E-state index contributed by atoms with van der Waals surface area (Å²) in [7, 11) is 1.64. The van der Waals surface area contributed by atoms with Gasteiger partial charge in [-0.3, -0.25) is 9.59 Å². The summed E-state index contributed by atoms with van der Waals surface area (Å²) in [6.07, 6.45) is 7.94. The van der Waals surface area contributed by atoms with Gasteiger partial charge in [-0.15, -0.1) is 6.58 Å². The molecule has 33 heavy (non-hydrogen) atoms. The van der Waals surface area contributed by atoms with Crippen LogP contribution in [0.25, 0.3) is 0 Å². The van der Waals surface area contributed by atoms with Crippen LogP contribution in [0.4, 0.5) is 0 Å². The fourth-order valence-corrected chi connectivity index (χ4v) is 5.61. The van der Waals surface area contributed by atoms with Gasteiger partial charge in [0.25, 0.3) is 0 Å². The van der Waals surface area contributed by atoms with Crippen molar-refractivity contribution in [3.63, 3.8) is 0 Å². The molecule has 5 nitrogen and oxygen atoms in total. The maximum absolute atomic E-state index is 13.3. The van der Waals surface area contributed by atoms with Crippen molar-refractivity contribution in [2.24, 2.45) is 0 Å². The third-order valence-electron chi connectivity index (χ3n) is 6.92. The number of methoxy groups -OCH3 is 1. The van der Waals surface area contributed by atoms with Crippen molar-refractivity contribution in [3.8, 4) is 11.5 Å². The quantitative estimate of drug-likeness (QED) is 0.480. The Morgan fingerprint density at radius 1 is 1.03 bits per heavy atom. The van der Waals surface area contributed by atoms with E-state index in [0.717, 1.165) is 78.1 Å². The maximum atomic E-state index is 13.3. The molecule has 0 spiro atoms. The van der Waals surface area contributed by atoms with Gasteiger partial charge in [-0.05, 0) is 57.1 Å². The van der Waals surface area contributed by atoms with Gasteiger partial charge in [-0.25, -0.2) is 0 Å². The van der Waals surface area contributed by atoms with Crippen molar-refractivity contribution in [3.05, 3.63) is 58.5 Å². The van der Waals surface area contributed by atoms with E-state index in [0.29, 0.717) is 31.6 Å². The molecule has 1 aromatic rings. The van der Waals surface area contributed by atoms with Crippen molar-refractivity contribution in [2.45, 2.75) is 71.1 Å². The number of hydrogen-bond acceptors (Lipinski definition) is 5. The molecule has 176 valence electrons. The van der Waals surface area contributed by atoms with Crippen molar-refractivity contribution in [2.75, 3.05) is 20.3 Å². The minimum Gasteiger partial charge on any atom is -0.493 e. The second kappa shape index (κ2) is 9.98. The molecule has 5 heteroatoms. The first-order valence-electron chi connectivity index (χ1n) is 12.3. The second-order valence-electron chi connectivity index (χ2n) is 9.00. The Labute approximate surface area is 197 Å². The first-order valence-corrected chi connectivity index (χ1v) is 12.3. The second-order valence-corrected chi connectivity index (χ2v) is 9.00. The summed E-state index contributed by atoms with van der Waals surface area (Å²) in [6.45, 7) is 9.47. The number of ketones is 2. The van der Waals surface area contributed by atoms with E-state index in [1.165, 1.54) is 0 Å². The predicted molar refractivity (Wildman–Crippen MR) is 130 cm³/mol. The zero-order valence-electron chi connectivity index (χ0n) is 20.2. The molecular weight excluding hydrogens is 414 g/mol. The molecule has 0 fully saturated rings. The number of carbonyl (C=O) groups excluding carboxylic acids is 2. The molecule has 0 saturated heterocycles. The molecule has 0 radical (unpaired) electrons. The molecule has 0 amide bonds. The van der Waals surface area contributed by atoms with Crippen LogP contribution in [0.15, 0.2) is 47.3 Å². The fraction of sp³-hybridized carbons (Fsp3) is 0.500. The molecule has 1 aliphatic heterocycles. The van der Waals surface area contributed by atoms with Gasteiger partial charge in [0.15, 0.2) is 23.1 Å². The van der Waals surface area contributed by atoms with Gasteiger partial charge in [0.05, 0.1) is 13.7 Å². The van der Waals surface area contributed by atoms with Crippen LogP contribution >= 0.6 is 0 Å². The summed E-state index contributed by atoms with van der Waals surface area (Å²) in [5.74, 6) is 1.37. The molecule has 0 saturated carbocycles. The van der Waals surface area contributed by atoms with Gasteiger partial charge in [0, 0.05) is 53.4 Å². The summed E-state index contributed by atoms with van der Waals surface area (Å²) in [5, 5.41) is 0. The number of hydrogen-bond donors (Lipinski definition) is 0. The van der Waals surface area contributed by atoms with E-state index < -0.39 is 0 Å². The number of allylic oxidation sites excluding steroid dienone is 5. The Morgan fingerprint density at radius 2 is 1.67 bits per heavy atom. The van der Waals surface area contributed by atoms with Crippen LogP contribution in [-0.2, 0) is 16.0 Å². The third kappa shape index (κ3) is 4.14. The van der Waals surface area contributed by atoms with Crippen molar-refractivity contribution < 1.29 is 19.1 Å². The number of ether oxygens (including phenoxy) is 2. The van der Waals surface area contributed by atoms with Crippen LogP contribution in [0.1, 0.15) is 75.8 Å². The molecule has 0 bridgehead atoms. The van der Waals surface area contributed by atoms with E-state index in [4.69, 9.17) is 9.47 Å². The largest absolute Gasteiger partial charge is 0.493 e. The lowest BCUT2D eigenvalue weighted by Crippen LogP contribution is -2.39. The summed E-state index contributed by atoms with van der Waals surface area (Å²) >= 11 is 0. The SMILES string of the molecule is C=CCc1cc(C2C3=C(CCCC3=O)N(CC)C3=C2C(=O)CCC3)cc(OC)c1OCCC. The summed E-state index contributed by atoms with van der Waals surface area (Å²) in [4.78, 5) is 28.9. The Balaban J connectivity index is 1.95. The van der Waals surface area contributed by atoms with E-state index in [2.05, 4.69) is 31.4 Å². The molecule has 0 N–H and O–H groups in total. The monoisotopic (exact) mass is 449 g/mol. The van der Waals surface area contributed by atoms with E-state index in [9.17, 15) is 9.59 Å². The first-order chi connectivity index (χ1) is 16.0. The number of benzene rings is 1. The summed E-state index contributed by atoms with van der Waals surface area (Å²) in [6, 6.07) is 4.07. The molecule has 3 aliphatic rings. The van der Waals surface area contributed by atoms with Crippen molar-refractivity contribution >= 4 is 11.6 Å². The molecule has 1 aromatic carbocycles. The van der Waals surface area contributed by atoms with E-state index in [-0.39, 0.29) is 17.5 Å². The average Bonchev–Trinajstić information content (AvgIpc) is 2.82. The van der Waals surface area contributed by atoms with Crippen molar-refractivity contribution in [1.29, 1.82) is 0 Å². The van der Waals surface area contributed by atoms with Gasteiger partial charge in [0.2, 0.25) is 0 Å². The zero-order chi connectivity index (χ0) is 23.5. The number of rotatable bonds is 8. The van der Waals surface area contributed by atoms with Gasteiger partial charge in [-0.1, -0.05) is 19.1 Å². The predicted octanol–water partition coefficient (Wildman–Crippen LogP) is 5.65. The first kappa shape index (κ1) is 23.3. The van der Waals surface area contributed by atoms with Crippen LogP contribution < -0.4 is 9.47 Å². The molecule has 1 heterocycles. The minimum atomic E-state index is -0.337. The average molecular weight is 450 g/mol. The molecule has 0 unspecified atom stereocenters. The highest BCUT2D eigenvalue weighted by Gasteiger charge is 2.43. The van der Waals surface area contributed by atoms with Crippen LogP contribution in [0.3, 0.4) is 0 Å². The normalized spacial score (nSPS) is 18.9. The molecule has 2 aliphatic carbocycles.